The van der Waals surface area contributed by atoms with Crippen LogP contribution in [0.3, 0.4) is 0 Å². The van der Waals surface area contributed by atoms with Gasteiger partial charge in [-0.25, -0.2) is 0 Å². The molecule has 1 N–H and O–H groups in total. The number of hydrogen-bond acceptors (Lipinski definition) is 4. The van der Waals surface area contributed by atoms with Gasteiger partial charge in [0.2, 0.25) is 0 Å². The van der Waals surface area contributed by atoms with Gasteiger partial charge in [0.05, 0.1) is 6.61 Å². The van der Waals surface area contributed by atoms with Crippen LogP contribution in [0.5, 0.6) is 0 Å². The van der Waals surface area contributed by atoms with Crippen molar-refractivity contribution in [3.8, 4) is 0 Å². The van der Waals surface area contributed by atoms with E-state index in [0.29, 0.717) is 13.2 Å². The Morgan fingerprint density at radius 2 is 2.47 bits per heavy atom. The molecule has 0 aliphatic heterocycles. The lowest BCUT2D eigenvalue weighted by molar-refractivity contribution is -0.145. The van der Waals surface area contributed by atoms with Gasteiger partial charge in [0.15, 0.2) is 0 Å². The molecular weight excluding hydrogens is 278 g/mol. The lowest BCUT2D eigenvalue weighted by Gasteiger charge is -2.11. The first kappa shape index (κ1) is 12.7. The van der Waals surface area contributed by atoms with Gasteiger partial charge < -0.3 is 4.74 Å². The number of nitrogens with one attached hydrogen (secondary N) is 1. The van der Waals surface area contributed by atoms with E-state index in [9.17, 15) is 4.79 Å². The van der Waals surface area contributed by atoms with E-state index in [0.717, 1.165) is 4.47 Å². The van der Waals surface area contributed by atoms with E-state index in [2.05, 4.69) is 21.2 Å². The highest BCUT2D eigenvalue weighted by Crippen LogP contribution is 2.22. The zero-order chi connectivity index (χ0) is 11.3. The fourth-order valence-electron chi connectivity index (χ4n) is 1.05. The van der Waals surface area contributed by atoms with Crippen LogP contribution in [-0.4, -0.2) is 18.6 Å². The first-order chi connectivity index (χ1) is 7.15. The topological polar surface area (TPSA) is 38.3 Å². The van der Waals surface area contributed by atoms with Crippen molar-refractivity contribution in [2.24, 2.45) is 0 Å². The van der Waals surface area contributed by atoms with E-state index < -0.39 is 0 Å². The van der Waals surface area contributed by atoms with E-state index in [-0.39, 0.29) is 12.0 Å². The van der Waals surface area contributed by atoms with Gasteiger partial charge in [-0.15, -0.1) is 11.3 Å². The molecule has 15 heavy (non-hydrogen) atoms. The molecule has 0 fully saturated rings. The standard InChI is InChI=1S/C10H14BrNO2S/c1-3-14-10(13)7(2)12-6-9-8(11)4-5-15-9/h4-5,7,12H,3,6H2,1-2H3/t7-/m0/s1. The third-order valence-corrected chi connectivity index (χ3v) is 3.83. The van der Waals surface area contributed by atoms with E-state index in [1.807, 2.05) is 11.4 Å². The summed E-state index contributed by atoms with van der Waals surface area (Å²) in [4.78, 5) is 12.5. The van der Waals surface area contributed by atoms with Gasteiger partial charge in [-0.3, -0.25) is 10.1 Å². The second-order valence-corrected chi connectivity index (χ2v) is 4.90. The minimum atomic E-state index is -0.265. The Morgan fingerprint density at radius 1 is 1.73 bits per heavy atom. The van der Waals surface area contributed by atoms with Gasteiger partial charge >= 0.3 is 5.97 Å². The zero-order valence-electron chi connectivity index (χ0n) is 8.75. The van der Waals surface area contributed by atoms with Crippen molar-refractivity contribution in [1.29, 1.82) is 0 Å². The molecule has 5 heteroatoms. The van der Waals surface area contributed by atoms with Gasteiger partial charge in [0.25, 0.3) is 0 Å². The number of ether oxygens (including phenoxy) is 1. The first-order valence-electron chi connectivity index (χ1n) is 4.77. The van der Waals surface area contributed by atoms with E-state index in [1.54, 1.807) is 25.2 Å². The molecule has 1 rings (SSSR count). The molecule has 0 aromatic carbocycles. The zero-order valence-corrected chi connectivity index (χ0v) is 11.2. The van der Waals surface area contributed by atoms with E-state index in [4.69, 9.17) is 4.74 Å². The summed E-state index contributed by atoms with van der Waals surface area (Å²) in [6, 6.07) is 1.73. The highest BCUT2D eigenvalue weighted by atomic mass is 79.9. The molecule has 1 aromatic heterocycles. The molecule has 0 unspecified atom stereocenters. The molecule has 0 aliphatic rings. The summed E-state index contributed by atoms with van der Waals surface area (Å²) in [6.45, 7) is 4.71. The number of thiophene rings is 1. The van der Waals surface area contributed by atoms with Crippen LogP contribution in [0.1, 0.15) is 18.7 Å². The van der Waals surface area contributed by atoms with E-state index in [1.165, 1.54) is 4.88 Å². The third-order valence-electron chi connectivity index (χ3n) is 1.90. The summed E-state index contributed by atoms with van der Waals surface area (Å²) in [5, 5.41) is 5.13. The Hall–Kier alpha value is -0.390. The van der Waals surface area contributed by atoms with Crippen molar-refractivity contribution in [3.05, 3.63) is 20.8 Å². The summed E-state index contributed by atoms with van der Waals surface area (Å²) in [7, 11) is 0. The first-order valence-corrected chi connectivity index (χ1v) is 6.44. The predicted octanol–water partition coefficient (Wildman–Crippen LogP) is 2.55. The highest BCUT2D eigenvalue weighted by molar-refractivity contribution is 9.10. The monoisotopic (exact) mass is 291 g/mol. The predicted molar refractivity (Wildman–Crippen MR) is 65.0 cm³/mol. The molecule has 0 saturated heterocycles. The molecule has 0 saturated carbocycles. The second kappa shape index (κ2) is 6.25. The minimum Gasteiger partial charge on any atom is -0.465 e. The van der Waals surface area contributed by atoms with Gasteiger partial charge in [-0.05, 0) is 41.2 Å². The number of carbonyl (C=O) groups is 1. The third kappa shape index (κ3) is 3.93. The van der Waals surface area contributed by atoms with Gasteiger partial charge in [-0.2, -0.15) is 0 Å². The summed E-state index contributed by atoms with van der Waals surface area (Å²) in [5.74, 6) is -0.204. The summed E-state index contributed by atoms with van der Waals surface area (Å²) in [6.07, 6.45) is 0. The van der Waals surface area contributed by atoms with E-state index >= 15 is 0 Å². The molecule has 1 aromatic rings. The molecular formula is C10H14BrNO2S. The van der Waals surface area contributed by atoms with Gasteiger partial charge in [0.1, 0.15) is 6.04 Å². The molecule has 0 spiro atoms. The van der Waals surface area contributed by atoms with Crippen molar-refractivity contribution in [3.63, 3.8) is 0 Å². The Balaban J connectivity index is 2.37. The van der Waals surface area contributed by atoms with Crippen LogP contribution in [0.2, 0.25) is 0 Å². The smallest absolute Gasteiger partial charge is 0.322 e. The molecule has 3 nitrogen and oxygen atoms in total. The Bertz CT molecular complexity index is 327. The quantitative estimate of drug-likeness (QED) is 0.848. The number of halogens is 1. The van der Waals surface area contributed by atoms with Crippen molar-refractivity contribution in [2.75, 3.05) is 6.61 Å². The molecule has 0 bridgehead atoms. The Morgan fingerprint density at radius 3 is 3.00 bits per heavy atom. The average molecular weight is 292 g/mol. The van der Waals surface area contributed by atoms with Crippen LogP contribution in [0.15, 0.2) is 15.9 Å². The average Bonchev–Trinajstić information content (AvgIpc) is 2.61. The maximum Gasteiger partial charge on any atom is 0.322 e. The summed E-state index contributed by atoms with van der Waals surface area (Å²) < 4.78 is 5.97. The van der Waals surface area contributed by atoms with Gasteiger partial charge in [-0.1, -0.05) is 0 Å². The van der Waals surface area contributed by atoms with Crippen molar-refractivity contribution < 1.29 is 9.53 Å². The second-order valence-electron chi connectivity index (χ2n) is 3.05. The number of hydrogen-bond donors (Lipinski definition) is 1. The van der Waals surface area contributed by atoms with Crippen LogP contribution in [0.25, 0.3) is 0 Å². The minimum absolute atomic E-state index is 0.204. The summed E-state index contributed by atoms with van der Waals surface area (Å²) >= 11 is 5.09. The molecule has 1 atom stereocenters. The maximum atomic E-state index is 11.3. The van der Waals surface area contributed by atoms with Crippen molar-refractivity contribution in [2.45, 2.75) is 26.4 Å². The molecule has 1 heterocycles. The normalized spacial score (nSPS) is 12.5. The van der Waals surface area contributed by atoms with Crippen molar-refractivity contribution >= 4 is 33.2 Å². The largest absolute Gasteiger partial charge is 0.465 e. The van der Waals surface area contributed by atoms with Crippen LogP contribution in [0, 0.1) is 0 Å². The Kier molecular flexibility index (Phi) is 5.28. The lowest BCUT2D eigenvalue weighted by atomic mass is 10.3. The molecule has 0 radical (unpaired) electrons. The van der Waals surface area contributed by atoms with Gasteiger partial charge in [0, 0.05) is 15.9 Å². The number of carbonyl (C=O) groups excluding carboxylic acids is 1. The van der Waals surface area contributed by atoms with Crippen LogP contribution < -0.4 is 5.32 Å². The highest BCUT2D eigenvalue weighted by Gasteiger charge is 2.13. The molecule has 84 valence electrons. The molecule has 0 amide bonds. The maximum absolute atomic E-state index is 11.3. The van der Waals surface area contributed by atoms with Crippen LogP contribution in [-0.2, 0) is 16.1 Å². The van der Waals surface area contributed by atoms with Crippen molar-refractivity contribution in [1.82, 2.24) is 5.32 Å². The van der Waals surface area contributed by atoms with Crippen LogP contribution in [0.4, 0.5) is 0 Å². The SMILES string of the molecule is CCOC(=O)[C@H](C)NCc1sccc1Br. The number of rotatable bonds is 5. The molecule has 0 aliphatic carbocycles. The summed E-state index contributed by atoms with van der Waals surface area (Å²) in [5.41, 5.74) is 0. The number of esters is 1. The Labute approximate surface area is 102 Å². The fraction of sp³-hybridized carbons (Fsp3) is 0.500. The fourth-order valence-corrected chi connectivity index (χ4v) is 2.49. The van der Waals surface area contributed by atoms with Crippen LogP contribution >= 0.6 is 27.3 Å². The lowest BCUT2D eigenvalue weighted by Crippen LogP contribution is -2.34.